The first-order chi connectivity index (χ1) is 19.7. The second-order valence-corrected chi connectivity index (χ2v) is 9.20. The van der Waals surface area contributed by atoms with Crippen molar-refractivity contribution in [2.45, 2.75) is 27.2 Å². The van der Waals surface area contributed by atoms with Crippen LogP contribution in [0.1, 0.15) is 91.3 Å². The van der Waals surface area contributed by atoms with Gasteiger partial charge >= 0.3 is 0 Å². The Hall–Kier alpha value is -5.12. The van der Waals surface area contributed by atoms with Crippen LogP contribution in [-0.2, 0) is 6.42 Å². The molecule has 0 bridgehead atoms. The van der Waals surface area contributed by atoms with Crippen molar-refractivity contribution in [3.8, 4) is 0 Å². The predicted octanol–water partition coefficient (Wildman–Crippen LogP) is 4.27. The fourth-order valence-electron chi connectivity index (χ4n) is 4.60. The zero-order chi connectivity index (χ0) is 29.8. The molecule has 2 N–H and O–H groups in total. The summed E-state index contributed by atoms with van der Waals surface area (Å²) < 4.78 is 0. The third-order valence-corrected chi connectivity index (χ3v) is 6.81. The van der Waals surface area contributed by atoms with Crippen molar-refractivity contribution in [3.05, 3.63) is 99.6 Å². The summed E-state index contributed by atoms with van der Waals surface area (Å²) in [5.41, 5.74) is 3.05. The fraction of sp³-hybridized carbons (Fsp3) is 0.226. The van der Waals surface area contributed by atoms with Gasteiger partial charge in [0, 0.05) is 39.8 Å². The van der Waals surface area contributed by atoms with Crippen molar-refractivity contribution >= 4 is 41.1 Å². The van der Waals surface area contributed by atoms with Crippen LogP contribution in [-0.4, -0.2) is 65.4 Å². The molecule has 10 nitrogen and oxygen atoms in total. The van der Waals surface area contributed by atoms with Gasteiger partial charge in [0.15, 0.2) is 0 Å². The Bertz CT molecular complexity index is 1590. The van der Waals surface area contributed by atoms with Crippen molar-refractivity contribution in [3.63, 3.8) is 0 Å². The van der Waals surface area contributed by atoms with Crippen molar-refractivity contribution < 1.29 is 31.6 Å². The van der Waals surface area contributed by atoms with Crippen LogP contribution in [0.4, 0.5) is 5.69 Å². The van der Waals surface area contributed by atoms with Crippen LogP contribution >= 0.6 is 0 Å². The summed E-state index contributed by atoms with van der Waals surface area (Å²) in [5, 5.41) is 5.59. The third-order valence-electron chi connectivity index (χ3n) is 6.81. The molecule has 10 heteroatoms. The van der Waals surface area contributed by atoms with Crippen molar-refractivity contribution in [1.29, 1.82) is 0 Å². The number of rotatable bonds is 7. The van der Waals surface area contributed by atoms with E-state index in [1.54, 1.807) is 19.1 Å². The average molecular weight is 559 g/mol. The molecular weight excluding hydrogens is 524 g/mol. The van der Waals surface area contributed by atoms with Gasteiger partial charge < -0.3 is 10.6 Å². The van der Waals surface area contributed by atoms with Crippen LogP contribution < -0.4 is 10.6 Å². The number of anilines is 1. The Balaban J connectivity index is 0.00000158. The number of fused-ring (bicyclic) bond motifs is 2. The topological polar surface area (TPSA) is 133 Å². The lowest BCUT2D eigenvalue weighted by Gasteiger charge is -2.09. The quantitative estimate of drug-likeness (QED) is 0.416. The molecule has 2 heterocycles. The monoisotopic (exact) mass is 558 g/mol. The molecule has 214 valence electrons. The third kappa shape index (κ3) is 5.49. The number of carbonyl (C=O) groups excluding carboxylic acids is 6. The first kappa shape index (κ1) is 28.9. The van der Waals surface area contributed by atoms with Gasteiger partial charge in [-0.25, -0.2) is 0 Å². The zero-order valence-electron chi connectivity index (χ0n) is 23.2. The minimum Gasteiger partial charge on any atom is -0.352 e. The molecule has 0 fully saturated rings. The molecule has 0 radical (unpaired) electrons. The molecule has 0 saturated carbocycles. The zero-order valence-corrected chi connectivity index (χ0v) is 23.2. The van der Waals surface area contributed by atoms with E-state index in [-0.39, 0.29) is 49.4 Å². The molecule has 0 atom stereocenters. The normalized spacial score (nSPS) is 13.5. The van der Waals surface area contributed by atoms with E-state index in [2.05, 4.69) is 10.6 Å². The Morgan fingerprint density at radius 2 is 1.22 bits per heavy atom. The largest absolute Gasteiger partial charge is 0.352 e. The van der Waals surface area contributed by atoms with E-state index in [1.807, 2.05) is 26.0 Å². The number of nitrogens with one attached hydrogen (secondary N) is 2. The number of amides is 6. The molecule has 0 saturated heterocycles. The van der Waals surface area contributed by atoms with Gasteiger partial charge in [0.25, 0.3) is 35.4 Å². The molecule has 0 aliphatic carbocycles. The van der Waals surface area contributed by atoms with Crippen LogP contribution in [0.5, 0.6) is 0 Å². The van der Waals surface area contributed by atoms with E-state index in [0.717, 1.165) is 15.4 Å². The summed E-state index contributed by atoms with van der Waals surface area (Å²) in [7, 11) is 1.40. The van der Waals surface area contributed by atoms with Gasteiger partial charge in [0.1, 0.15) is 0 Å². The molecule has 0 unspecified atom stereocenters. The van der Waals surface area contributed by atoms with E-state index in [4.69, 9.17) is 0 Å². The number of nitrogens with zero attached hydrogens (tertiary/aromatic N) is 2. The summed E-state index contributed by atoms with van der Waals surface area (Å²) >= 11 is 0. The maximum Gasteiger partial charge on any atom is 0.261 e. The molecule has 6 amide bonds. The summed E-state index contributed by atoms with van der Waals surface area (Å²) in [5.74, 6) is -2.34. The predicted molar refractivity (Wildman–Crippen MR) is 156 cm³/mol. The van der Waals surface area contributed by atoms with E-state index in [9.17, 15) is 28.8 Å². The summed E-state index contributed by atoms with van der Waals surface area (Å²) in [6.07, 6.45) is 0.528. The van der Waals surface area contributed by atoms with Gasteiger partial charge in [0.2, 0.25) is 0 Å². The number of hydrogen-bond donors (Lipinski definition) is 2. The number of carbonyl (C=O) groups is 6. The minimum atomic E-state index is -0.431. The SMILES string of the molecule is CC.CCN1C(=O)c2ccc(C(=O)Nc3ccc(CCNC(=O)c4ccc5c(c4)C(=O)N(C)C5=O)cc3)cc2C1=O.[HH].[HH]. The van der Waals surface area contributed by atoms with E-state index in [0.29, 0.717) is 29.8 Å². The van der Waals surface area contributed by atoms with E-state index in [1.165, 1.54) is 43.4 Å². The standard InChI is InChI=1S/C29H24N4O6.C2H6.2H2/c1-3-33-28(38)21-11-7-18(15-23(21)29(33)39)25(35)31-19-8-4-16(5-9-19)12-13-30-24(34)17-6-10-20-22(14-17)27(37)32(2)26(20)36;1-2;;/h4-11,14-15H,3,12-13H2,1-2H3,(H,30,34)(H,31,35);1-2H3;2*1H. The molecule has 3 aromatic rings. The first-order valence-corrected chi connectivity index (χ1v) is 13.3. The number of benzene rings is 3. The molecular formula is C31H34N4O6. The first-order valence-electron chi connectivity index (χ1n) is 13.3. The second-order valence-electron chi connectivity index (χ2n) is 9.20. The second kappa shape index (κ2) is 12.0. The molecule has 2 aliphatic heterocycles. The average Bonchev–Trinajstić information content (AvgIpc) is 3.37. The minimum absolute atomic E-state index is 0. The van der Waals surface area contributed by atoms with Gasteiger partial charge in [-0.1, -0.05) is 26.0 Å². The molecule has 5 rings (SSSR count). The summed E-state index contributed by atoms with van der Waals surface area (Å²) in [6, 6.07) is 16.0. The lowest BCUT2D eigenvalue weighted by molar-refractivity contribution is 0.0656. The molecule has 3 aromatic carbocycles. The van der Waals surface area contributed by atoms with Crippen LogP contribution in [0.2, 0.25) is 0 Å². The van der Waals surface area contributed by atoms with Crippen LogP contribution in [0.3, 0.4) is 0 Å². The van der Waals surface area contributed by atoms with E-state index >= 15 is 0 Å². The van der Waals surface area contributed by atoms with Gasteiger partial charge in [-0.2, -0.15) is 0 Å². The highest BCUT2D eigenvalue weighted by atomic mass is 16.2. The smallest absolute Gasteiger partial charge is 0.261 e. The highest BCUT2D eigenvalue weighted by Crippen LogP contribution is 2.25. The Labute approximate surface area is 240 Å². The van der Waals surface area contributed by atoms with Gasteiger partial charge in [-0.05, 0) is 67.4 Å². The Morgan fingerprint density at radius 1 is 0.707 bits per heavy atom. The number of imide groups is 2. The lowest BCUT2D eigenvalue weighted by Crippen LogP contribution is -2.29. The fourth-order valence-corrected chi connectivity index (χ4v) is 4.60. The van der Waals surface area contributed by atoms with Crippen molar-refractivity contribution in [2.75, 3.05) is 25.5 Å². The Kier molecular flexibility index (Phi) is 8.42. The summed E-state index contributed by atoms with van der Waals surface area (Å²) in [4.78, 5) is 76.3. The maximum absolute atomic E-state index is 12.7. The summed E-state index contributed by atoms with van der Waals surface area (Å²) in [6.45, 7) is 6.32. The highest BCUT2D eigenvalue weighted by molar-refractivity contribution is 6.23. The lowest BCUT2D eigenvalue weighted by atomic mass is 10.0. The van der Waals surface area contributed by atoms with Gasteiger partial charge in [-0.15, -0.1) is 0 Å². The van der Waals surface area contributed by atoms with Gasteiger partial charge in [0.05, 0.1) is 22.3 Å². The van der Waals surface area contributed by atoms with Crippen LogP contribution in [0.25, 0.3) is 0 Å². The van der Waals surface area contributed by atoms with Gasteiger partial charge in [-0.3, -0.25) is 38.6 Å². The highest BCUT2D eigenvalue weighted by Gasteiger charge is 2.35. The van der Waals surface area contributed by atoms with Crippen molar-refractivity contribution in [1.82, 2.24) is 15.1 Å². The molecule has 2 aliphatic rings. The molecule has 0 spiro atoms. The van der Waals surface area contributed by atoms with Crippen LogP contribution in [0.15, 0.2) is 60.7 Å². The van der Waals surface area contributed by atoms with E-state index < -0.39 is 17.7 Å². The Morgan fingerprint density at radius 3 is 1.83 bits per heavy atom. The van der Waals surface area contributed by atoms with Crippen LogP contribution in [0, 0.1) is 0 Å². The van der Waals surface area contributed by atoms with Crippen molar-refractivity contribution in [2.24, 2.45) is 0 Å². The molecule has 0 aromatic heterocycles. The number of hydrogen-bond acceptors (Lipinski definition) is 6. The molecule has 41 heavy (non-hydrogen) atoms. The maximum atomic E-state index is 12.7.